The van der Waals surface area contributed by atoms with Crippen molar-refractivity contribution in [2.45, 2.75) is 18.9 Å². The zero-order chi connectivity index (χ0) is 23.4. The normalized spacial score (nSPS) is 14.6. The Morgan fingerprint density at radius 3 is 2.73 bits per heavy atom. The first kappa shape index (κ1) is 22.3. The number of hydrogen-bond acceptors (Lipinski definition) is 5. The highest BCUT2D eigenvalue weighted by Gasteiger charge is 2.23. The number of likely N-dealkylation sites (tertiary alicyclic amines) is 1. The molecule has 33 heavy (non-hydrogen) atoms. The number of anilines is 1. The molecular weight excluding hydrogens is 418 g/mol. The van der Waals surface area contributed by atoms with E-state index in [1.807, 2.05) is 24.3 Å². The fourth-order valence-corrected chi connectivity index (χ4v) is 3.89. The van der Waals surface area contributed by atoms with Crippen LogP contribution in [0.2, 0.25) is 0 Å². The van der Waals surface area contributed by atoms with Crippen LogP contribution in [0.25, 0.3) is 22.0 Å². The van der Waals surface area contributed by atoms with Crippen molar-refractivity contribution < 1.29 is 9.59 Å². The van der Waals surface area contributed by atoms with E-state index in [1.54, 1.807) is 26.5 Å². The molecule has 9 heteroatoms. The second-order valence-electron chi connectivity index (χ2n) is 8.35. The maximum atomic E-state index is 13.0. The number of aromatic amines is 1. The Kier molecular flexibility index (Phi) is 6.56. The summed E-state index contributed by atoms with van der Waals surface area (Å²) >= 11 is 0. The number of nitrogens with one attached hydrogen (secondary N) is 3. The number of aromatic nitrogens is 3. The number of nitrogens with zero attached hydrogens (tertiary/aromatic N) is 4. The molecule has 1 aliphatic rings. The van der Waals surface area contributed by atoms with Crippen molar-refractivity contribution in [2.75, 3.05) is 39.0 Å². The number of H-pyrrole nitrogens is 1. The van der Waals surface area contributed by atoms with Crippen LogP contribution in [-0.2, 0) is 0 Å². The minimum absolute atomic E-state index is 0.0997. The summed E-state index contributed by atoms with van der Waals surface area (Å²) in [5.74, 6) is 2.47. The van der Waals surface area contributed by atoms with Crippen molar-refractivity contribution in [3.63, 3.8) is 0 Å². The Hall–Kier alpha value is -3.90. The summed E-state index contributed by atoms with van der Waals surface area (Å²) in [6.45, 7) is 2.38. The molecule has 0 radical (unpaired) electrons. The van der Waals surface area contributed by atoms with E-state index in [0.717, 1.165) is 48.0 Å². The summed E-state index contributed by atoms with van der Waals surface area (Å²) in [5, 5.41) is 13.8. The summed E-state index contributed by atoms with van der Waals surface area (Å²) < 4.78 is 0. The van der Waals surface area contributed by atoms with E-state index >= 15 is 0 Å². The predicted octanol–water partition coefficient (Wildman–Crippen LogP) is 2.55. The maximum Gasteiger partial charge on any atom is 0.321 e. The van der Waals surface area contributed by atoms with Crippen molar-refractivity contribution in [3.05, 3.63) is 42.4 Å². The van der Waals surface area contributed by atoms with Gasteiger partial charge in [-0.05, 0) is 36.6 Å². The van der Waals surface area contributed by atoms with Gasteiger partial charge in [0.15, 0.2) is 5.69 Å². The van der Waals surface area contributed by atoms with E-state index in [1.165, 1.54) is 4.90 Å². The molecule has 3 heterocycles. The van der Waals surface area contributed by atoms with E-state index in [4.69, 9.17) is 6.42 Å². The second kappa shape index (κ2) is 9.71. The van der Waals surface area contributed by atoms with E-state index in [0.29, 0.717) is 17.9 Å². The monoisotopic (exact) mass is 445 g/mol. The number of urea groups is 1. The molecule has 2 aromatic heterocycles. The molecule has 1 aliphatic heterocycles. The van der Waals surface area contributed by atoms with Crippen LogP contribution in [0.5, 0.6) is 0 Å². The molecule has 0 saturated carbocycles. The van der Waals surface area contributed by atoms with Crippen LogP contribution in [0.3, 0.4) is 0 Å². The summed E-state index contributed by atoms with van der Waals surface area (Å²) in [7, 11) is 3.35. The molecule has 9 nitrogen and oxygen atoms in total. The zero-order valence-corrected chi connectivity index (χ0v) is 18.8. The lowest BCUT2D eigenvalue weighted by molar-refractivity contribution is 0.0911. The fraction of sp³-hybridized carbons (Fsp3) is 0.333. The fourth-order valence-electron chi connectivity index (χ4n) is 3.89. The summed E-state index contributed by atoms with van der Waals surface area (Å²) in [6, 6.07) is 7.44. The smallest absolute Gasteiger partial charge is 0.321 e. The molecule has 4 rings (SSSR count). The number of fused-ring (bicyclic) bond motifs is 1. The Bertz CT molecular complexity index is 1200. The number of carbonyl (C=O) groups is 2. The zero-order valence-electron chi connectivity index (χ0n) is 18.8. The van der Waals surface area contributed by atoms with E-state index in [2.05, 4.69) is 36.6 Å². The number of pyridine rings is 1. The third-order valence-corrected chi connectivity index (χ3v) is 5.74. The molecule has 1 aromatic carbocycles. The van der Waals surface area contributed by atoms with Crippen molar-refractivity contribution in [1.29, 1.82) is 0 Å². The summed E-state index contributed by atoms with van der Waals surface area (Å²) in [6.07, 6.45) is 10.4. The van der Waals surface area contributed by atoms with Crippen molar-refractivity contribution in [1.82, 2.24) is 30.3 Å². The molecule has 1 fully saturated rings. The van der Waals surface area contributed by atoms with Crippen molar-refractivity contribution in [2.24, 2.45) is 0 Å². The van der Waals surface area contributed by atoms with Gasteiger partial charge >= 0.3 is 6.03 Å². The third-order valence-electron chi connectivity index (χ3n) is 5.74. The van der Waals surface area contributed by atoms with Gasteiger partial charge in [0, 0.05) is 50.4 Å². The highest BCUT2D eigenvalue weighted by molar-refractivity contribution is 6.05. The van der Waals surface area contributed by atoms with Crippen LogP contribution < -0.4 is 10.6 Å². The first-order valence-corrected chi connectivity index (χ1v) is 10.8. The molecule has 0 unspecified atom stereocenters. The number of carbonyl (C=O) groups excluding carboxylic acids is 2. The Morgan fingerprint density at radius 1 is 1.21 bits per heavy atom. The number of terminal acetylenes is 1. The van der Waals surface area contributed by atoms with Gasteiger partial charge in [0.2, 0.25) is 0 Å². The van der Waals surface area contributed by atoms with Crippen LogP contribution in [0.4, 0.5) is 10.5 Å². The van der Waals surface area contributed by atoms with Crippen molar-refractivity contribution >= 4 is 28.5 Å². The molecule has 1 saturated heterocycles. The van der Waals surface area contributed by atoms with Gasteiger partial charge < -0.3 is 15.5 Å². The van der Waals surface area contributed by atoms with Crippen LogP contribution >= 0.6 is 0 Å². The highest BCUT2D eigenvalue weighted by Crippen LogP contribution is 2.27. The largest absolute Gasteiger partial charge is 0.348 e. The number of piperidine rings is 1. The lowest BCUT2D eigenvalue weighted by atomic mass is 10.0. The average molecular weight is 446 g/mol. The standard InChI is InChI=1S/C24H27N7O2/c1-4-9-31-10-7-18(8-11-31)26-23(32)22-20-13-16(5-6-21(20)28-29-22)17-12-19(15-25-14-17)27-24(33)30(2)3/h1,5-6,12-15,18H,7-11H2,2-3H3,(H,26,32)(H,27,33)(H,28,29). The molecule has 170 valence electrons. The number of hydrogen-bond donors (Lipinski definition) is 3. The van der Waals surface area contributed by atoms with Crippen LogP contribution in [-0.4, -0.2) is 76.7 Å². The van der Waals surface area contributed by atoms with Crippen LogP contribution in [0, 0.1) is 12.3 Å². The molecule has 0 atom stereocenters. The maximum absolute atomic E-state index is 13.0. The first-order valence-electron chi connectivity index (χ1n) is 10.8. The third kappa shape index (κ3) is 5.13. The Balaban J connectivity index is 1.52. The summed E-state index contributed by atoms with van der Waals surface area (Å²) in [4.78, 5) is 32.8. The SMILES string of the molecule is C#CCN1CCC(NC(=O)c2n[nH]c3ccc(-c4cncc(NC(=O)N(C)C)c4)cc23)CC1. The number of amides is 3. The topological polar surface area (TPSA) is 106 Å². The minimum Gasteiger partial charge on any atom is -0.348 e. The van der Waals surface area contributed by atoms with Crippen molar-refractivity contribution in [3.8, 4) is 23.5 Å². The first-order chi connectivity index (χ1) is 15.9. The molecule has 3 amide bonds. The molecule has 0 aliphatic carbocycles. The van der Waals surface area contributed by atoms with Gasteiger partial charge in [-0.3, -0.25) is 19.8 Å². The van der Waals surface area contributed by atoms with Gasteiger partial charge in [0.1, 0.15) is 0 Å². The number of rotatable bonds is 5. The van der Waals surface area contributed by atoms with Gasteiger partial charge in [-0.2, -0.15) is 5.10 Å². The predicted molar refractivity (Wildman–Crippen MR) is 128 cm³/mol. The van der Waals surface area contributed by atoms with Gasteiger partial charge in [0.05, 0.1) is 23.9 Å². The lowest BCUT2D eigenvalue weighted by Gasteiger charge is -2.30. The van der Waals surface area contributed by atoms with Gasteiger partial charge in [-0.15, -0.1) is 6.42 Å². The minimum atomic E-state index is -0.233. The van der Waals surface area contributed by atoms with Crippen LogP contribution in [0.15, 0.2) is 36.7 Å². The molecule has 0 bridgehead atoms. The van der Waals surface area contributed by atoms with Gasteiger partial charge in [-0.1, -0.05) is 12.0 Å². The Morgan fingerprint density at radius 2 is 2.00 bits per heavy atom. The lowest BCUT2D eigenvalue weighted by Crippen LogP contribution is -2.44. The quantitative estimate of drug-likeness (QED) is 0.524. The van der Waals surface area contributed by atoms with E-state index < -0.39 is 0 Å². The van der Waals surface area contributed by atoms with E-state index in [9.17, 15) is 9.59 Å². The van der Waals surface area contributed by atoms with E-state index in [-0.39, 0.29) is 18.0 Å². The Labute approximate surface area is 192 Å². The number of benzene rings is 1. The average Bonchev–Trinajstić information content (AvgIpc) is 3.24. The molecular formula is C24H27N7O2. The highest BCUT2D eigenvalue weighted by atomic mass is 16.2. The van der Waals surface area contributed by atoms with Gasteiger partial charge in [-0.25, -0.2) is 4.79 Å². The second-order valence-corrected chi connectivity index (χ2v) is 8.35. The van der Waals surface area contributed by atoms with Crippen LogP contribution in [0.1, 0.15) is 23.3 Å². The molecule has 3 N–H and O–H groups in total. The molecule has 3 aromatic rings. The summed E-state index contributed by atoms with van der Waals surface area (Å²) in [5.41, 5.74) is 3.42. The van der Waals surface area contributed by atoms with Gasteiger partial charge in [0.25, 0.3) is 5.91 Å². The molecule has 0 spiro atoms.